The predicted octanol–water partition coefficient (Wildman–Crippen LogP) is 3.60. The van der Waals surface area contributed by atoms with E-state index in [1.807, 2.05) is 36.4 Å². The van der Waals surface area contributed by atoms with Gasteiger partial charge in [-0.2, -0.15) is 0 Å². The van der Waals surface area contributed by atoms with E-state index in [0.29, 0.717) is 6.79 Å². The molecule has 0 unspecified atom stereocenters. The number of benzene rings is 2. The van der Waals surface area contributed by atoms with Gasteiger partial charge in [-0.05, 0) is 48.9 Å². The largest absolute Gasteiger partial charge is 0.497 e. The van der Waals surface area contributed by atoms with E-state index in [2.05, 4.69) is 18.3 Å². The molecule has 0 bridgehead atoms. The molecule has 0 aliphatic carbocycles. The van der Waals surface area contributed by atoms with Gasteiger partial charge in [0.25, 0.3) is 0 Å². The topological polar surface area (TPSA) is 39.7 Å². The molecule has 4 nitrogen and oxygen atoms in total. The van der Waals surface area contributed by atoms with Crippen LogP contribution in [0.4, 0.5) is 5.69 Å². The molecule has 0 amide bonds. The monoisotopic (exact) mass is 271 g/mol. The fourth-order valence-corrected chi connectivity index (χ4v) is 2.20. The van der Waals surface area contributed by atoms with Gasteiger partial charge < -0.3 is 19.5 Å². The molecule has 20 heavy (non-hydrogen) atoms. The van der Waals surface area contributed by atoms with Gasteiger partial charge in [-0.1, -0.05) is 6.07 Å². The third-order valence-electron chi connectivity index (χ3n) is 3.37. The molecule has 2 aromatic rings. The lowest BCUT2D eigenvalue weighted by molar-refractivity contribution is 0.174. The molecule has 1 N–H and O–H groups in total. The van der Waals surface area contributed by atoms with Crippen LogP contribution in [0.5, 0.6) is 17.2 Å². The van der Waals surface area contributed by atoms with Crippen molar-refractivity contribution in [1.82, 2.24) is 0 Å². The molecule has 0 spiro atoms. The summed E-state index contributed by atoms with van der Waals surface area (Å²) in [5, 5.41) is 3.45. The third kappa shape index (κ3) is 2.50. The van der Waals surface area contributed by atoms with Crippen molar-refractivity contribution in [3.8, 4) is 17.2 Å². The highest BCUT2D eigenvalue weighted by molar-refractivity contribution is 5.50. The zero-order chi connectivity index (χ0) is 13.9. The van der Waals surface area contributed by atoms with Crippen LogP contribution in [-0.4, -0.2) is 13.9 Å². The van der Waals surface area contributed by atoms with Crippen LogP contribution in [0.3, 0.4) is 0 Å². The van der Waals surface area contributed by atoms with Gasteiger partial charge in [-0.3, -0.25) is 0 Å². The first-order chi connectivity index (χ1) is 9.76. The number of hydrogen-bond donors (Lipinski definition) is 1. The molecule has 0 saturated heterocycles. The average Bonchev–Trinajstić information content (AvgIpc) is 2.95. The SMILES string of the molecule is COc1ccc(N[C@@H](C)c2ccc3c(c2)OCO3)cc1. The second-order valence-corrected chi connectivity index (χ2v) is 4.71. The van der Waals surface area contributed by atoms with Crippen LogP contribution in [0, 0.1) is 0 Å². The molecule has 0 saturated carbocycles. The summed E-state index contributed by atoms with van der Waals surface area (Å²) in [7, 11) is 1.66. The van der Waals surface area contributed by atoms with Gasteiger partial charge in [0.1, 0.15) is 5.75 Å². The Kier molecular flexibility index (Phi) is 3.37. The van der Waals surface area contributed by atoms with Crippen LogP contribution in [0.25, 0.3) is 0 Å². The Morgan fingerprint density at radius 2 is 1.80 bits per heavy atom. The van der Waals surface area contributed by atoms with E-state index >= 15 is 0 Å². The lowest BCUT2D eigenvalue weighted by Gasteiger charge is -2.16. The van der Waals surface area contributed by atoms with Crippen LogP contribution in [0.2, 0.25) is 0 Å². The van der Waals surface area contributed by atoms with Crippen molar-refractivity contribution in [2.45, 2.75) is 13.0 Å². The normalized spacial score (nSPS) is 13.9. The molecule has 1 atom stereocenters. The summed E-state index contributed by atoms with van der Waals surface area (Å²) in [6, 6.07) is 14.1. The number of anilines is 1. The van der Waals surface area contributed by atoms with Crippen molar-refractivity contribution < 1.29 is 14.2 Å². The molecular formula is C16H17NO3. The number of methoxy groups -OCH3 is 1. The first-order valence-corrected chi connectivity index (χ1v) is 6.56. The first-order valence-electron chi connectivity index (χ1n) is 6.56. The Morgan fingerprint density at radius 3 is 2.55 bits per heavy atom. The average molecular weight is 271 g/mol. The molecule has 4 heteroatoms. The Balaban J connectivity index is 1.73. The van der Waals surface area contributed by atoms with Crippen molar-refractivity contribution in [1.29, 1.82) is 0 Å². The van der Waals surface area contributed by atoms with E-state index < -0.39 is 0 Å². The highest BCUT2D eigenvalue weighted by Crippen LogP contribution is 2.34. The maximum absolute atomic E-state index is 5.40. The van der Waals surface area contributed by atoms with E-state index in [-0.39, 0.29) is 6.04 Å². The molecule has 3 rings (SSSR count). The summed E-state index contributed by atoms with van der Waals surface area (Å²) in [6.07, 6.45) is 0. The zero-order valence-corrected chi connectivity index (χ0v) is 11.6. The number of hydrogen-bond acceptors (Lipinski definition) is 4. The number of ether oxygens (including phenoxy) is 3. The molecular weight excluding hydrogens is 254 g/mol. The Labute approximate surface area is 118 Å². The molecule has 2 aromatic carbocycles. The number of fused-ring (bicyclic) bond motifs is 1. The lowest BCUT2D eigenvalue weighted by Crippen LogP contribution is -2.06. The summed E-state index contributed by atoms with van der Waals surface area (Å²) in [6.45, 7) is 2.42. The molecule has 1 aliphatic heterocycles. The van der Waals surface area contributed by atoms with Crippen molar-refractivity contribution >= 4 is 5.69 Å². The minimum absolute atomic E-state index is 0.179. The number of nitrogens with one attached hydrogen (secondary N) is 1. The highest BCUT2D eigenvalue weighted by atomic mass is 16.7. The second kappa shape index (κ2) is 5.33. The van der Waals surface area contributed by atoms with Crippen LogP contribution in [-0.2, 0) is 0 Å². The summed E-state index contributed by atoms with van der Waals surface area (Å²) >= 11 is 0. The van der Waals surface area contributed by atoms with Gasteiger partial charge in [0, 0.05) is 11.7 Å². The van der Waals surface area contributed by atoms with Crippen molar-refractivity contribution in [3.05, 3.63) is 48.0 Å². The van der Waals surface area contributed by atoms with Crippen LogP contribution in [0.15, 0.2) is 42.5 Å². The van der Waals surface area contributed by atoms with Gasteiger partial charge in [0.15, 0.2) is 11.5 Å². The van der Waals surface area contributed by atoms with Gasteiger partial charge in [-0.25, -0.2) is 0 Å². The first kappa shape index (κ1) is 12.7. The van der Waals surface area contributed by atoms with E-state index in [4.69, 9.17) is 14.2 Å². The van der Waals surface area contributed by atoms with E-state index in [9.17, 15) is 0 Å². The van der Waals surface area contributed by atoms with Crippen LogP contribution >= 0.6 is 0 Å². The van der Waals surface area contributed by atoms with Crippen LogP contribution < -0.4 is 19.5 Å². The minimum Gasteiger partial charge on any atom is -0.497 e. The quantitative estimate of drug-likeness (QED) is 0.922. The zero-order valence-electron chi connectivity index (χ0n) is 11.6. The van der Waals surface area contributed by atoms with E-state index in [1.54, 1.807) is 7.11 Å². The maximum Gasteiger partial charge on any atom is 0.231 e. The summed E-state index contributed by atoms with van der Waals surface area (Å²) in [5.41, 5.74) is 2.21. The lowest BCUT2D eigenvalue weighted by atomic mass is 10.1. The van der Waals surface area contributed by atoms with Gasteiger partial charge in [-0.15, -0.1) is 0 Å². The summed E-state index contributed by atoms with van der Waals surface area (Å²) in [4.78, 5) is 0. The molecule has 104 valence electrons. The predicted molar refractivity (Wildman–Crippen MR) is 77.6 cm³/mol. The third-order valence-corrected chi connectivity index (χ3v) is 3.37. The van der Waals surface area contributed by atoms with Crippen molar-refractivity contribution in [2.75, 3.05) is 19.2 Å². The van der Waals surface area contributed by atoms with E-state index in [1.165, 1.54) is 0 Å². The second-order valence-electron chi connectivity index (χ2n) is 4.71. The number of rotatable bonds is 4. The minimum atomic E-state index is 0.179. The standard InChI is InChI=1S/C16H17NO3/c1-11(17-13-4-6-14(18-2)7-5-13)12-3-8-15-16(9-12)20-10-19-15/h3-9,11,17H,10H2,1-2H3/t11-/m0/s1. The fourth-order valence-electron chi connectivity index (χ4n) is 2.20. The van der Waals surface area contributed by atoms with Gasteiger partial charge in [0.2, 0.25) is 6.79 Å². The fraction of sp³-hybridized carbons (Fsp3) is 0.250. The molecule has 1 heterocycles. The van der Waals surface area contributed by atoms with Crippen LogP contribution in [0.1, 0.15) is 18.5 Å². The Bertz CT molecular complexity index is 595. The molecule has 0 radical (unpaired) electrons. The molecule has 1 aliphatic rings. The highest BCUT2D eigenvalue weighted by Gasteiger charge is 2.15. The molecule has 0 aromatic heterocycles. The maximum atomic E-state index is 5.40. The molecule has 0 fully saturated rings. The Morgan fingerprint density at radius 1 is 1.05 bits per heavy atom. The Hall–Kier alpha value is -2.36. The van der Waals surface area contributed by atoms with Gasteiger partial charge in [0.05, 0.1) is 7.11 Å². The summed E-state index contributed by atoms with van der Waals surface area (Å²) in [5.74, 6) is 2.47. The van der Waals surface area contributed by atoms with Crippen molar-refractivity contribution in [3.63, 3.8) is 0 Å². The smallest absolute Gasteiger partial charge is 0.231 e. The van der Waals surface area contributed by atoms with Crippen molar-refractivity contribution in [2.24, 2.45) is 0 Å². The summed E-state index contributed by atoms with van der Waals surface area (Å²) < 4.78 is 15.9. The van der Waals surface area contributed by atoms with E-state index in [0.717, 1.165) is 28.5 Å². The van der Waals surface area contributed by atoms with Gasteiger partial charge >= 0.3 is 0 Å².